The number of carboxylic acid groups (broad SMARTS) is 2. The lowest BCUT2D eigenvalue weighted by atomic mass is 10.1. The van der Waals surface area contributed by atoms with Crippen molar-refractivity contribution in [3.8, 4) is 29.8 Å². The Morgan fingerprint density at radius 2 is 1.50 bits per heavy atom. The maximum Gasteiger partial charge on any atom is 0.336 e. The summed E-state index contributed by atoms with van der Waals surface area (Å²) in [5.41, 5.74) is 2.61. The highest BCUT2D eigenvalue weighted by Gasteiger charge is 2.20. The number of nitrogens with one attached hydrogen (secondary N) is 2. The summed E-state index contributed by atoms with van der Waals surface area (Å²) in [6.45, 7) is 2.11. The number of hydrogen-bond donors (Lipinski definition) is 4. The summed E-state index contributed by atoms with van der Waals surface area (Å²) in [4.78, 5) is 41.6. The Kier molecular flexibility index (Phi) is 10.9. The van der Waals surface area contributed by atoms with E-state index in [2.05, 4.69) is 10.8 Å². The van der Waals surface area contributed by atoms with E-state index in [9.17, 15) is 24.6 Å². The van der Waals surface area contributed by atoms with Crippen LogP contribution >= 0.6 is 0 Å². The van der Waals surface area contributed by atoms with Crippen LogP contribution in [0.5, 0.6) is 17.2 Å². The maximum atomic E-state index is 12.9. The highest BCUT2D eigenvalue weighted by atomic mass is 16.6. The van der Waals surface area contributed by atoms with Crippen molar-refractivity contribution >= 4 is 17.8 Å². The van der Waals surface area contributed by atoms with Crippen molar-refractivity contribution in [3.63, 3.8) is 0 Å². The smallest absolute Gasteiger partial charge is 0.336 e. The molecule has 0 aromatic heterocycles. The molecule has 0 bridgehead atoms. The molecule has 4 N–H and O–H groups in total. The van der Waals surface area contributed by atoms with Crippen LogP contribution in [0.1, 0.15) is 50.0 Å². The minimum Gasteiger partial charge on any atom is -0.490 e. The standard InChI is InChI=1S/C29H28N2O9/c1-3-26(30-27(32)25-17-22(37-4-2)11-13-24(25)29(35)36)31-40-18-19-16-21(10-12-23(19)28(33)34)39-15-14-38-20-8-6-5-7-9-20/h2,5-13,16-17,26,31H,3,14-15,18H2,1H3,(H,30,32)(H,33,34)(H,35,36). The summed E-state index contributed by atoms with van der Waals surface area (Å²) in [5.74, 6) is -1.89. The van der Waals surface area contributed by atoms with Crippen molar-refractivity contribution in [3.05, 3.63) is 89.0 Å². The Balaban J connectivity index is 1.60. The van der Waals surface area contributed by atoms with Gasteiger partial charge in [-0.2, -0.15) is 5.48 Å². The van der Waals surface area contributed by atoms with Crippen LogP contribution in [0.3, 0.4) is 0 Å². The Labute approximate surface area is 230 Å². The summed E-state index contributed by atoms with van der Waals surface area (Å²) >= 11 is 0. The number of carbonyl (C=O) groups is 3. The van der Waals surface area contributed by atoms with E-state index < -0.39 is 24.0 Å². The number of terminal acetylenes is 1. The normalized spacial score (nSPS) is 11.1. The van der Waals surface area contributed by atoms with E-state index in [-0.39, 0.29) is 42.3 Å². The first-order valence-corrected chi connectivity index (χ1v) is 12.2. The van der Waals surface area contributed by atoms with Crippen molar-refractivity contribution in [1.29, 1.82) is 0 Å². The number of rotatable bonds is 15. The summed E-state index contributed by atoms with van der Waals surface area (Å²) in [6, 6.07) is 17.5. The van der Waals surface area contributed by atoms with E-state index >= 15 is 0 Å². The second-order valence-electron chi connectivity index (χ2n) is 8.21. The van der Waals surface area contributed by atoms with Gasteiger partial charge < -0.3 is 29.7 Å². The lowest BCUT2D eigenvalue weighted by Crippen LogP contribution is -2.45. The molecule has 0 spiro atoms. The van der Waals surface area contributed by atoms with Crippen LogP contribution in [0.2, 0.25) is 0 Å². The van der Waals surface area contributed by atoms with Crippen molar-refractivity contribution in [2.45, 2.75) is 26.1 Å². The highest BCUT2D eigenvalue weighted by molar-refractivity contribution is 6.05. The van der Waals surface area contributed by atoms with Gasteiger partial charge in [0.2, 0.25) is 0 Å². The van der Waals surface area contributed by atoms with E-state index in [1.165, 1.54) is 30.3 Å². The quantitative estimate of drug-likeness (QED) is 0.0957. The lowest BCUT2D eigenvalue weighted by Gasteiger charge is -2.19. The molecular formula is C29H28N2O9. The lowest BCUT2D eigenvalue weighted by molar-refractivity contribution is -0.00497. The summed E-state index contributed by atoms with van der Waals surface area (Å²) in [6.07, 6.45) is 6.69. The van der Waals surface area contributed by atoms with Crippen molar-refractivity contribution in [2.24, 2.45) is 0 Å². The van der Waals surface area contributed by atoms with E-state index in [0.29, 0.717) is 23.5 Å². The van der Waals surface area contributed by atoms with E-state index in [1.807, 2.05) is 36.4 Å². The van der Waals surface area contributed by atoms with Crippen LogP contribution < -0.4 is 25.0 Å². The average Bonchev–Trinajstić information content (AvgIpc) is 2.95. The molecule has 1 amide bonds. The van der Waals surface area contributed by atoms with Gasteiger partial charge in [0.05, 0.1) is 23.3 Å². The average molecular weight is 549 g/mol. The van der Waals surface area contributed by atoms with E-state index in [4.69, 9.17) is 25.5 Å². The molecule has 11 heteroatoms. The van der Waals surface area contributed by atoms with Crippen LogP contribution in [-0.4, -0.2) is 47.4 Å². The Hall–Kier alpha value is -5.05. The van der Waals surface area contributed by atoms with E-state index in [1.54, 1.807) is 13.0 Å². The van der Waals surface area contributed by atoms with Crippen molar-refractivity contribution in [2.75, 3.05) is 13.2 Å². The number of amides is 1. The number of aromatic carboxylic acids is 2. The number of hydrogen-bond acceptors (Lipinski definition) is 8. The molecule has 0 heterocycles. The van der Waals surface area contributed by atoms with Gasteiger partial charge >= 0.3 is 11.9 Å². The topological polar surface area (TPSA) is 153 Å². The number of hydroxylamine groups is 1. The molecule has 1 atom stereocenters. The zero-order valence-corrected chi connectivity index (χ0v) is 21.6. The van der Waals surface area contributed by atoms with Gasteiger partial charge in [0.1, 0.15) is 42.7 Å². The molecule has 0 aliphatic rings. The Bertz CT molecular complexity index is 1370. The molecule has 0 aliphatic heterocycles. The molecule has 0 radical (unpaired) electrons. The fourth-order valence-electron chi connectivity index (χ4n) is 3.52. The second-order valence-corrected chi connectivity index (χ2v) is 8.21. The summed E-state index contributed by atoms with van der Waals surface area (Å²) in [5, 5.41) is 21.6. The number of carboxylic acids is 2. The fourth-order valence-corrected chi connectivity index (χ4v) is 3.52. The van der Waals surface area contributed by atoms with Gasteiger partial charge in [0, 0.05) is 0 Å². The van der Waals surface area contributed by atoms with E-state index in [0.717, 1.165) is 0 Å². The molecule has 0 aliphatic carbocycles. The minimum absolute atomic E-state index is 0.0168. The van der Waals surface area contributed by atoms with Gasteiger partial charge in [-0.15, -0.1) is 0 Å². The molecule has 3 aromatic rings. The molecule has 3 aromatic carbocycles. The molecule has 0 fully saturated rings. The molecule has 3 rings (SSSR count). The predicted octanol–water partition coefficient (Wildman–Crippen LogP) is 3.70. The highest BCUT2D eigenvalue weighted by Crippen LogP contribution is 2.20. The number of para-hydroxylation sites is 1. The third kappa shape index (κ3) is 8.49. The van der Waals surface area contributed by atoms with Gasteiger partial charge in [0.15, 0.2) is 0 Å². The van der Waals surface area contributed by atoms with Crippen LogP contribution in [0, 0.1) is 12.5 Å². The fraction of sp³-hybridized carbons (Fsp3) is 0.207. The zero-order valence-electron chi connectivity index (χ0n) is 21.6. The first kappa shape index (κ1) is 29.5. The number of carbonyl (C=O) groups excluding carboxylic acids is 1. The van der Waals surface area contributed by atoms with Gasteiger partial charge in [-0.25, -0.2) is 9.59 Å². The largest absolute Gasteiger partial charge is 0.490 e. The number of benzene rings is 3. The maximum absolute atomic E-state index is 12.9. The van der Waals surface area contributed by atoms with Crippen LogP contribution in [0.15, 0.2) is 66.7 Å². The van der Waals surface area contributed by atoms with Gasteiger partial charge in [-0.3, -0.25) is 9.63 Å². The molecular weight excluding hydrogens is 520 g/mol. The molecule has 208 valence electrons. The molecule has 0 saturated heterocycles. The first-order valence-electron chi connectivity index (χ1n) is 12.2. The van der Waals surface area contributed by atoms with Crippen LogP contribution in [0.4, 0.5) is 0 Å². The third-order valence-corrected chi connectivity index (χ3v) is 5.48. The Morgan fingerprint density at radius 1 is 0.850 bits per heavy atom. The zero-order chi connectivity index (χ0) is 28.9. The second kappa shape index (κ2) is 14.8. The van der Waals surface area contributed by atoms with Crippen LogP contribution in [-0.2, 0) is 11.4 Å². The van der Waals surface area contributed by atoms with Gasteiger partial charge in [-0.05, 0) is 60.5 Å². The Morgan fingerprint density at radius 3 is 2.15 bits per heavy atom. The monoisotopic (exact) mass is 548 g/mol. The summed E-state index contributed by atoms with van der Waals surface area (Å²) in [7, 11) is 0. The van der Waals surface area contributed by atoms with Crippen molar-refractivity contribution in [1.82, 2.24) is 10.8 Å². The van der Waals surface area contributed by atoms with Crippen LogP contribution in [0.25, 0.3) is 0 Å². The first-order chi connectivity index (χ1) is 19.3. The molecule has 11 nitrogen and oxygen atoms in total. The third-order valence-electron chi connectivity index (χ3n) is 5.48. The molecule has 40 heavy (non-hydrogen) atoms. The SMILES string of the molecule is C#COc1ccc(C(=O)O)c(C(=O)NC(CC)NOCc2cc(OCCOc3ccccc3)ccc2C(=O)O)c1. The van der Waals surface area contributed by atoms with Crippen molar-refractivity contribution < 1.29 is 43.6 Å². The summed E-state index contributed by atoms with van der Waals surface area (Å²) < 4.78 is 16.2. The number of ether oxygens (including phenoxy) is 3. The molecule has 0 saturated carbocycles. The predicted molar refractivity (Wildman–Crippen MR) is 143 cm³/mol. The molecule has 1 unspecified atom stereocenters. The minimum atomic E-state index is -1.30. The van der Waals surface area contributed by atoms with Gasteiger partial charge in [-0.1, -0.05) is 31.5 Å². The van der Waals surface area contributed by atoms with Gasteiger partial charge in [0.25, 0.3) is 5.91 Å².